The second-order valence-corrected chi connectivity index (χ2v) is 10.9. The highest BCUT2D eigenvalue weighted by Crippen LogP contribution is 2.43. The van der Waals surface area contributed by atoms with E-state index in [0.717, 1.165) is 28.0 Å². The summed E-state index contributed by atoms with van der Waals surface area (Å²) in [6, 6.07) is 38.6. The molecule has 0 amide bonds. The molecule has 0 saturated carbocycles. The van der Waals surface area contributed by atoms with Gasteiger partial charge in [0.2, 0.25) is 12.4 Å². The third-order valence-corrected chi connectivity index (χ3v) is 7.52. The molecule has 0 fully saturated rings. The largest absolute Gasteiger partial charge is 0.871 e. The Morgan fingerprint density at radius 2 is 0.885 bits per heavy atom. The van der Waals surface area contributed by atoms with Crippen molar-refractivity contribution in [2.75, 3.05) is 19.8 Å². The first-order valence-electron chi connectivity index (χ1n) is 16.4. The van der Waals surface area contributed by atoms with E-state index in [0.29, 0.717) is 6.42 Å². The van der Waals surface area contributed by atoms with E-state index >= 15 is 0 Å². The van der Waals surface area contributed by atoms with Gasteiger partial charge in [-0.1, -0.05) is 91.0 Å². The number of hydrogen-bond donors (Lipinski definition) is 0. The van der Waals surface area contributed by atoms with Crippen LogP contribution in [0.1, 0.15) is 54.8 Å². The molecule has 3 aromatic carbocycles. The van der Waals surface area contributed by atoms with Crippen LogP contribution < -0.4 is 29.2 Å². The summed E-state index contributed by atoms with van der Waals surface area (Å²) in [7, 11) is -2.23. The van der Waals surface area contributed by atoms with Crippen molar-refractivity contribution in [2.45, 2.75) is 44.5 Å². The van der Waals surface area contributed by atoms with E-state index in [4.69, 9.17) is 14.3 Å². The van der Waals surface area contributed by atoms with Crippen molar-refractivity contribution in [3.05, 3.63) is 168 Å². The Balaban J connectivity index is 0.000000235. The number of alkyl halides is 6. The molecule has 0 aliphatic heterocycles. The number of halogens is 6. The summed E-state index contributed by atoms with van der Waals surface area (Å²) >= 11 is 0. The fourth-order valence-electron chi connectivity index (χ4n) is 5.42. The molecule has 0 saturated heterocycles. The van der Waals surface area contributed by atoms with Gasteiger partial charge in [0, 0.05) is 45.7 Å². The quantitative estimate of drug-likeness (QED) is 0.0565. The molecular formula is C38H39BF6N2O5. The zero-order valence-corrected chi connectivity index (χ0v) is 28.6. The molecule has 0 bridgehead atoms. The Labute approximate surface area is 299 Å². The average Bonchev–Trinajstić information content (AvgIpc) is 3.13. The predicted molar refractivity (Wildman–Crippen MR) is 178 cm³/mol. The minimum absolute atomic E-state index is 0.159. The first-order chi connectivity index (χ1) is 24.8. The van der Waals surface area contributed by atoms with Crippen LogP contribution in [0.3, 0.4) is 0 Å². The van der Waals surface area contributed by atoms with Gasteiger partial charge < -0.3 is 14.7 Å². The molecule has 2 aromatic heterocycles. The summed E-state index contributed by atoms with van der Waals surface area (Å²) < 4.78 is 79.8. The van der Waals surface area contributed by atoms with Crippen LogP contribution in [-0.2, 0) is 22.4 Å². The normalized spacial score (nSPS) is 11.3. The van der Waals surface area contributed by atoms with Gasteiger partial charge in [0.05, 0.1) is 7.32 Å². The minimum atomic E-state index is -4.38. The molecule has 7 nitrogen and oxygen atoms in total. The smallest absolute Gasteiger partial charge is 0.482 e. The summed E-state index contributed by atoms with van der Waals surface area (Å²) in [6.45, 7) is 3.79. The van der Waals surface area contributed by atoms with Gasteiger partial charge in [-0.25, -0.2) is 0 Å². The molecule has 0 unspecified atom stereocenters. The second kappa shape index (κ2) is 20.2. The van der Waals surface area contributed by atoms with Crippen LogP contribution in [0.15, 0.2) is 140 Å². The number of benzene rings is 3. The Morgan fingerprint density at radius 1 is 0.538 bits per heavy atom. The molecule has 5 rings (SSSR count). The Hall–Kier alpha value is -4.92. The van der Waals surface area contributed by atoms with Crippen LogP contribution in [0.5, 0.6) is 0 Å². The average molecular weight is 729 g/mol. The molecule has 0 spiro atoms. The van der Waals surface area contributed by atoms with Gasteiger partial charge in [0.25, 0.3) is 0 Å². The van der Waals surface area contributed by atoms with Crippen molar-refractivity contribution in [3.63, 3.8) is 0 Å². The summed E-state index contributed by atoms with van der Waals surface area (Å²) in [5.74, 6) is 0. The van der Waals surface area contributed by atoms with E-state index in [-0.39, 0.29) is 25.2 Å². The fraction of sp³-hybridized carbons (Fsp3) is 0.263. The molecule has 52 heavy (non-hydrogen) atoms. The van der Waals surface area contributed by atoms with Gasteiger partial charge >= 0.3 is 23.7 Å². The van der Waals surface area contributed by atoms with Gasteiger partial charge in [-0.15, -0.1) is 0 Å². The molecular weight excluding hydrogens is 689 g/mol. The highest BCUT2D eigenvalue weighted by atomic mass is 19.4. The third kappa shape index (κ3) is 12.1. The molecule has 5 aromatic rings. The SMILES string of the molecule is CCO[n+]1ccccc1C(F)(F)F.CCO[n+]1ccccc1C(F)(F)F.[O-]B([O-])OCCCC(c1ccccc1)(c1ccccc1)c1ccccc1. The predicted octanol–water partition coefficient (Wildman–Crippen LogP) is 5.41. The Bertz CT molecular complexity index is 1580. The van der Waals surface area contributed by atoms with Crippen molar-refractivity contribution in [1.29, 1.82) is 0 Å². The van der Waals surface area contributed by atoms with Crippen molar-refractivity contribution in [2.24, 2.45) is 0 Å². The van der Waals surface area contributed by atoms with Crippen molar-refractivity contribution < 1.29 is 60.2 Å². The molecule has 14 heteroatoms. The first kappa shape index (κ1) is 41.5. The molecule has 0 aliphatic carbocycles. The van der Waals surface area contributed by atoms with Crippen molar-refractivity contribution >= 4 is 7.32 Å². The van der Waals surface area contributed by atoms with Crippen LogP contribution in [0.2, 0.25) is 0 Å². The van der Waals surface area contributed by atoms with Gasteiger partial charge in [-0.05, 0) is 55.5 Å². The van der Waals surface area contributed by atoms with Gasteiger partial charge in [0.15, 0.2) is 13.2 Å². The number of hydrogen-bond acceptors (Lipinski definition) is 5. The maximum absolute atomic E-state index is 12.3. The number of nitrogens with zero attached hydrogens (tertiary/aromatic N) is 2. The monoisotopic (exact) mass is 728 g/mol. The van der Waals surface area contributed by atoms with E-state index in [1.807, 2.05) is 54.6 Å². The summed E-state index contributed by atoms with van der Waals surface area (Å²) in [5, 5.41) is 21.4. The molecule has 0 atom stereocenters. The highest BCUT2D eigenvalue weighted by Gasteiger charge is 2.43. The highest BCUT2D eigenvalue weighted by molar-refractivity contribution is 6.28. The van der Waals surface area contributed by atoms with E-state index in [9.17, 15) is 36.4 Å². The maximum atomic E-state index is 12.3. The number of aromatic nitrogens is 2. The van der Waals surface area contributed by atoms with Gasteiger partial charge in [-0.3, -0.25) is 9.68 Å². The lowest BCUT2D eigenvalue weighted by Crippen LogP contribution is -2.48. The Morgan fingerprint density at radius 3 is 1.19 bits per heavy atom. The van der Waals surface area contributed by atoms with E-state index in [1.54, 1.807) is 13.8 Å². The lowest BCUT2D eigenvalue weighted by molar-refractivity contribution is -0.901. The zero-order valence-electron chi connectivity index (χ0n) is 28.6. The second-order valence-electron chi connectivity index (χ2n) is 10.9. The molecule has 0 aliphatic rings. The fourth-order valence-corrected chi connectivity index (χ4v) is 5.42. The summed E-state index contributed by atoms with van der Waals surface area (Å²) in [5.41, 5.74) is 1.55. The van der Waals surface area contributed by atoms with E-state index in [2.05, 4.69) is 36.4 Å². The molecule has 2 heterocycles. The van der Waals surface area contributed by atoms with E-state index < -0.39 is 31.1 Å². The van der Waals surface area contributed by atoms with E-state index in [1.165, 1.54) is 53.3 Å². The standard InChI is InChI=1S/C22H21BO3.2C8H9F3NO/c24-23(25)26-18-10-17-22(19-11-4-1-5-12-19,20-13-6-2-7-14-20)21-15-8-3-9-16-21;2*1-2-13-12-6-4-3-5-7(12)8(9,10)11/h1-9,11-16H,10,17-18H2;2*3-6H,2H2,1H3/q-2;2*+1. The van der Waals surface area contributed by atoms with Gasteiger partial charge in [0.1, 0.15) is 0 Å². The van der Waals surface area contributed by atoms with Crippen molar-refractivity contribution in [3.8, 4) is 0 Å². The Kier molecular flexibility index (Phi) is 16.1. The van der Waals surface area contributed by atoms with Crippen LogP contribution in [0, 0.1) is 0 Å². The maximum Gasteiger partial charge on any atom is 0.482 e. The van der Waals surface area contributed by atoms with Crippen LogP contribution in [-0.4, -0.2) is 27.1 Å². The lowest BCUT2D eigenvalue weighted by atomic mass is 9.67. The van der Waals surface area contributed by atoms with Crippen LogP contribution >= 0.6 is 0 Å². The number of rotatable bonds is 12. The zero-order chi connectivity index (χ0) is 38.0. The topological polar surface area (TPSA) is 81.6 Å². The number of pyridine rings is 2. The van der Waals surface area contributed by atoms with Crippen molar-refractivity contribution in [1.82, 2.24) is 0 Å². The van der Waals surface area contributed by atoms with Crippen LogP contribution in [0.4, 0.5) is 26.3 Å². The third-order valence-electron chi connectivity index (χ3n) is 7.52. The van der Waals surface area contributed by atoms with Gasteiger partial charge in [-0.2, -0.15) is 26.3 Å². The minimum Gasteiger partial charge on any atom is -0.871 e. The first-order valence-corrected chi connectivity index (χ1v) is 16.4. The lowest BCUT2D eigenvalue weighted by Gasteiger charge is -2.37. The van der Waals surface area contributed by atoms with Crippen LogP contribution in [0.25, 0.3) is 0 Å². The molecule has 0 N–H and O–H groups in total. The summed E-state index contributed by atoms with van der Waals surface area (Å²) in [4.78, 5) is 9.52. The summed E-state index contributed by atoms with van der Waals surface area (Å²) in [6.07, 6.45) is -4.96. The molecule has 0 radical (unpaired) electrons. The molecule has 276 valence electrons.